The van der Waals surface area contributed by atoms with Crippen molar-refractivity contribution in [2.45, 2.75) is 45.2 Å². The second-order valence-electron chi connectivity index (χ2n) is 7.39. The molecule has 4 rings (SSSR count). The van der Waals surface area contributed by atoms with Gasteiger partial charge >= 0.3 is 0 Å². The number of hydrogen-bond acceptors (Lipinski definition) is 4. The Morgan fingerprint density at radius 1 is 1.29 bits per heavy atom. The highest BCUT2D eigenvalue weighted by Crippen LogP contribution is 2.26. The Hall–Kier alpha value is -2.67. The fourth-order valence-corrected chi connectivity index (χ4v) is 4.04. The second kappa shape index (κ2) is 7.75. The van der Waals surface area contributed by atoms with Crippen molar-refractivity contribution in [2.24, 2.45) is 5.92 Å². The van der Waals surface area contributed by atoms with Crippen LogP contribution in [0.5, 0.6) is 0 Å². The highest BCUT2D eigenvalue weighted by molar-refractivity contribution is 7.20. The van der Waals surface area contributed by atoms with Crippen molar-refractivity contribution in [2.75, 3.05) is 0 Å². The highest BCUT2D eigenvalue weighted by atomic mass is 32.1. The van der Waals surface area contributed by atoms with E-state index in [1.807, 2.05) is 55.1 Å². The summed E-state index contributed by atoms with van der Waals surface area (Å²) in [6.07, 6.45) is 6.76. The first-order valence-corrected chi connectivity index (χ1v) is 10.5. The van der Waals surface area contributed by atoms with E-state index >= 15 is 0 Å². The van der Waals surface area contributed by atoms with E-state index in [0.29, 0.717) is 5.56 Å². The molecular weight excluding hydrogens is 372 g/mol. The number of benzene rings is 1. The maximum Gasteiger partial charge on any atom is 0.251 e. The Labute approximate surface area is 168 Å². The van der Waals surface area contributed by atoms with Crippen molar-refractivity contribution in [1.29, 1.82) is 0 Å². The van der Waals surface area contributed by atoms with Gasteiger partial charge in [0, 0.05) is 24.0 Å². The summed E-state index contributed by atoms with van der Waals surface area (Å²) in [5, 5.41) is 6.81. The summed E-state index contributed by atoms with van der Waals surface area (Å²) in [6.45, 7) is 4.02. The van der Waals surface area contributed by atoms with Gasteiger partial charge in [-0.2, -0.15) is 0 Å². The molecule has 2 amide bonds. The number of aromatic nitrogens is 2. The summed E-state index contributed by atoms with van der Waals surface area (Å²) in [4.78, 5) is 30.0. The van der Waals surface area contributed by atoms with E-state index in [9.17, 15) is 9.59 Å². The summed E-state index contributed by atoms with van der Waals surface area (Å²) >= 11 is 1.53. The van der Waals surface area contributed by atoms with E-state index in [0.717, 1.165) is 34.6 Å². The maximum atomic E-state index is 12.8. The average molecular weight is 397 g/mol. The fourth-order valence-electron chi connectivity index (χ4n) is 3.07. The lowest BCUT2D eigenvalue weighted by Crippen LogP contribution is -2.50. The molecule has 28 heavy (non-hydrogen) atoms. The molecule has 0 radical (unpaired) electrons. The lowest BCUT2D eigenvalue weighted by atomic mass is 9.97. The van der Waals surface area contributed by atoms with Gasteiger partial charge in [0.25, 0.3) is 5.91 Å². The number of amides is 2. The van der Waals surface area contributed by atoms with E-state index in [4.69, 9.17) is 0 Å². The van der Waals surface area contributed by atoms with Gasteiger partial charge in [-0.25, -0.2) is 4.98 Å². The molecule has 0 aliphatic heterocycles. The van der Waals surface area contributed by atoms with Gasteiger partial charge < -0.3 is 15.2 Å². The van der Waals surface area contributed by atoms with Crippen LogP contribution in [-0.4, -0.2) is 33.4 Å². The highest BCUT2D eigenvalue weighted by Gasteiger charge is 2.31. The van der Waals surface area contributed by atoms with E-state index in [1.54, 1.807) is 6.07 Å². The van der Waals surface area contributed by atoms with Crippen molar-refractivity contribution in [3.63, 3.8) is 0 Å². The molecule has 2 atom stereocenters. The first kappa shape index (κ1) is 18.7. The average Bonchev–Trinajstić information content (AvgIpc) is 3.19. The number of thiazole rings is 1. The van der Waals surface area contributed by atoms with Crippen LogP contribution >= 0.6 is 11.3 Å². The standard InChI is InChI=1S/C21H24N4O2S/c1-3-13(2)18(20(27)22-15-7-8-15)24-19(26)14-6-9-16-17(12-14)28-21(23-16)25-10-4-5-11-25/h4-6,9-13,15,18H,3,7-8H2,1-2H3,(H,22,27)(H,24,26)/t13-,18+/m1/s1. The summed E-state index contributed by atoms with van der Waals surface area (Å²) < 4.78 is 2.89. The minimum Gasteiger partial charge on any atom is -0.352 e. The fraction of sp³-hybridized carbons (Fsp3) is 0.381. The third-order valence-corrected chi connectivity index (χ3v) is 6.20. The quantitative estimate of drug-likeness (QED) is 0.642. The number of hydrogen-bond donors (Lipinski definition) is 2. The number of carbonyl (C=O) groups excluding carboxylic acids is 2. The van der Waals surface area contributed by atoms with Crippen LogP contribution < -0.4 is 10.6 Å². The number of nitrogens with zero attached hydrogens (tertiary/aromatic N) is 2. The van der Waals surface area contributed by atoms with Gasteiger partial charge in [-0.05, 0) is 49.1 Å². The first-order valence-electron chi connectivity index (χ1n) is 9.70. The lowest BCUT2D eigenvalue weighted by molar-refractivity contribution is -0.124. The smallest absolute Gasteiger partial charge is 0.251 e. The van der Waals surface area contributed by atoms with Gasteiger partial charge in [0.15, 0.2) is 5.13 Å². The zero-order chi connectivity index (χ0) is 19.7. The van der Waals surface area contributed by atoms with Gasteiger partial charge in [-0.3, -0.25) is 9.59 Å². The van der Waals surface area contributed by atoms with Crippen LogP contribution in [0.4, 0.5) is 0 Å². The molecule has 1 saturated carbocycles. The first-order chi connectivity index (χ1) is 13.5. The van der Waals surface area contributed by atoms with Gasteiger partial charge in [-0.15, -0.1) is 0 Å². The van der Waals surface area contributed by atoms with Gasteiger partial charge in [0.05, 0.1) is 10.2 Å². The third-order valence-electron chi connectivity index (χ3n) is 5.17. The van der Waals surface area contributed by atoms with E-state index in [1.165, 1.54) is 11.3 Å². The molecule has 2 heterocycles. The monoisotopic (exact) mass is 396 g/mol. The van der Waals surface area contributed by atoms with E-state index in [-0.39, 0.29) is 23.8 Å². The molecule has 0 unspecified atom stereocenters. The second-order valence-corrected chi connectivity index (χ2v) is 8.40. The van der Waals surface area contributed by atoms with Gasteiger partial charge in [-0.1, -0.05) is 31.6 Å². The van der Waals surface area contributed by atoms with Crippen molar-refractivity contribution in [3.05, 3.63) is 48.3 Å². The van der Waals surface area contributed by atoms with Crippen LogP contribution in [0.25, 0.3) is 15.3 Å². The molecule has 2 N–H and O–H groups in total. The van der Waals surface area contributed by atoms with Crippen molar-refractivity contribution in [1.82, 2.24) is 20.2 Å². The molecule has 1 aliphatic rings. The molecule has 0 spiro atoms. The lowest BCUT2D eigenvalue weighted by Gasteiger charge is -2.23. The van der Waals surface area contributed by atoms with Crippen LogP contribution in [0.3, 0.4) is 0 Å². The topological polar surface area (TPSA) is 76.0 Å². The van der Waals surface area contributed by atoms with Gasteiger partial charge in [0.1, 0.15) is 6.04 Å². The van der Waals surface area contributed by atoms with E-state index < -0.39 is 6.04 Å². The van der Waals surface area contributed by atoms with Crippen molar-refractivity contribution in [3.8, 4) is 5.13 Å². The van der Waals surface area contributed by atoms with Crippen molar-refractivity contribution < 1.29 is 9.59 Å². The summed E-state index contributed by atoms with van der Waals surface area (Å²) in [6, 6.07) is 9.13. The normalized spacial score (nSPS) is 15.9. The largest absolute Gasteiger partial charge is 0.352 e. The number of nitrogens with one attached hydrogen (secondary N) is 2. The summed E-state index contributed by atoms with van der Waals surface area (Å²) in [7, 11) is 0. The third kappa shape index (κ3) is 3.94. The van der Waals surface area contributed by atoms with E-state index in [2.05, 4.69) is 15.6 Å². The van der Waals surface area contributed by atoms with Gasteiger partial charge in [0.2, 0.25) is 5.91 Å². The SMILES string of the molecule is CC[C@@H](C)[C@H](NC(=O)c1ccc2nc(-n3cccc3)sc2c1)C(=O)NC1CC1. The molecule has 1 aromatic carbocycles. The number of carbonyl (C=O) groups is 2. The Bertz CT molecular complexity index is 991. The molecule has 2 aromatic heterocycles. The van der Waals surface area contributed by atoms with Crippen LogP contribution in [0, 0.1) is 5.92 Å². The Morgan fingerprint density at radius 2 is 2.04 bits per heavy atom. The number of rotatable bonds is 7. The minimum atomic E-state index is -0.523. The molecule has 7 heteroatoms. The minimum absolute atomic E-state index is 0.0650. The van der Waals surface area contributed by atoms with Crippen molar-refractivity contribution >= 4 is 33.4 Å². The maximum absolute atomic E-state index is 12.8. The molecule has 0 saturated heterocycles. The molecule has 3 aromatic rings. The molecule has 1 aliphatic carbocycles. The van der Waals surface area contributed by atoms with Crippen LogP contribution in [0.1, 0.15) is 43.5 Å². The Morgan fingerprint density at radius 3 is 2.71 bits per heavy atom. The predicted molar refractivity (Wildman–Crippen MR) is 111 cm³/mol. The predicted octanol–water partition coefficient (Wildman–Crippen LogP) is 3.51. The summed E-state index contributed by atoms with van der Waals surface area (Å²) in [5.41, 5.74) is 1.40. The van der Waals surface area contributed by atoms with Crippen LogP contribution in [0.2, 0.25) is 0 Å². The molecular formula is C21H24N4O2S. The zero-order valence-electron chi connectivity index (χ0n) is 16.0. The molecule has 0 bridgehead atoms. The molecule has 146 valence electrons. The number of fused-ring (bicyclic) bond motifs is 1. The Kier molecular flexibility index (Phi) is 5.17. The Balaban J connectivity index is 1.53. The van der Waals surface area contributed by atoms with Crippen LogP contribution in [0.15, 0.2) is 42.7 Å². The van der Waals surface area contributed by atoms with Crippen LogP contribution in [-0.2, 0) is 4.79 Å². The summed E-state index contributed by atoms with van der Waals surface area (Å²) in [5.74, 6) is -0.247. The molecule has 1 fully saturated rings. The molecule has 6 nitrogen and oxygen atoms in total. The zero-order valence-corrected chi connectivity index (χ0v) is 16.8.